The Morgan fingerprint density at radius 3 is 2.64 bits per heavy atom. The highest BCUT2D eigenvalue weighted by molar-refractivity contribution is 8.06. The molecular formula is C18H20N2O4S. The fraction of sp³-hybridized carbons (Fsp3) is 0.389. The van der Waals surface area contributed by atoms with Gasteiger partial charge in [0.2, 0.25) is 5.91 Å². The number of thioether (sulfide) groups is 1. The van der Waals surface area contributed by atoms with Crippen LogP contribution in [0.25, 0.3) is 5.70 Å². The predicted octanol–water partition coefficient (Wildman–Crippen LogP) is 2.57. The van der Waals surface area contributed by atoms with Crippen LogP contribution in [0, 0.1) is 11.8 Å². The summed E-state index contributed by atoms with van der Waals surface area (Å²) in [5, 5.41) is 33.5. The third-order valence-electron chi connectivity index (χ3n) is 4.54. The van der Waals surface area contributed by atoms with Gasteiger partial charge in [-0.2, -0.15) is 0 Å². The second-order valence-corrected chi connectivity index (χ2v) is 7.14. The summed E-state index contributed by atoms with van der Waals surface area (Å²) >= 11 is 1.28. The van der Waals surface area contributed by atoms with Gasteiger partial charge in [0.15, 0.2) is 0 Å². The monoisotopic (exact) mass is 360 g/mol. The average Bonchev–Trinajstić information content (AvgIpc) is 2.63. The van der Waals surface area contributed by atoms with Gasteiger partial charge in [-0.3, -0.25) is 4.79 Å². The van der Waals surface area contributed by atoms with Gasteiger partial charge in [0.05, 0.1) is 5.70 Å². The first-order valence-corrected chi connectivity index (χ1v) is 9.09. The highest BCUT2D eigenvalue weighted by atomic mass is 32.2. The van der Waals surface area contributed by atoms with E-state index >= 15 is 0 Å². The van der Waals surface area contributed by atoms with Gasteiger partial charge in [-0.15, -0.1) is 0 Å². The van der Waals surface area contributed by atoms with Crippen LogP contribution in [0.2, 0.25) is 0 Å². The Hall–Kier alpha value is -2.21. The summed E-state index contributed by atoms with van der Waals surface area (Å²) in [4.78, 5) is 16.5. The van der Waals surface area contributed by atoms with Crippen molar-refractivity contribution in [1.29, 1.82) is 0 Å². The van der Waals surface area contributed by atoms with E-state index in [2.05, 4.69) is 16.2 Å². The van der Waals surface area contributed by atoms with E-state index in [1.807, 2.05) is 0 Å². The number of aliphatic hydroxyl groups excluding tert-OH is 1. The Balaban J connectivity index is 1.62. The van der Waals surface area contributed by atoms with Crippen molar-refractivity contribution in [2.75, 3.05) is 6.61 Å². The number of carbonyl (C=O) groups is 1. The number of amides is 1. The summed E-state index contributed by atoms with van der Waals surface area (Å²) in [6.45, 7) is 0.194. The molecule has 0 saturated heterocycles. The van der Waals surface area contributed by atoms with Crippen molar-refractivity contribution in [2.45, 2.75) is 25.7 Å². The molecule has 0 aromatic heterocycles. The Kier molecular flexibility index (Phi) is 5.48. The van der Waals surface area contributed by atoms with Gasteiger partial charge in [0.25, 0.3) is 0 Å². The molecule has 2 aliphatic rings. The van der Waals surface area contributed by atoms with Crippen LogP contribution in [0.5, 0.6) is 11.5 Å². The first-order chi connectivity index (χ1) is 12.1. The average molecular weight is 360 g/mol. The summed E-state index contributed by atoms with van der Waals surface area (Å²) < 4.78 is 0. The SMILES string of the molecule is O=C(NC1=C=NC(c2ccc(O)cc2O)=CS1)C1CCC(CO)CC1. The highest BCUT2D eigenvalue weighted by Crippen LogP contribution is 2.33. The van der Waals surface area contributed by atoms with E-state index in [9.17, 15) is 15.0 Å². The smallest absolute Gasteiger partial charge is 0.228 e. The van der Waals surface area contributed by atoms with E-state index in [4.69, 9.17) is 5.11 Å². The second-order valence-electron chi connectivity index (χ2n) is 6.26. The topological polar surface area (TPSA) is 102 Å². The molecule has 0 radical (unpaired) electrons. The van der Waals surface area contributed by atoms with Gasteiger partial charge in [0, 0.05) is 35.4 Å². The van der Waals surface area contributed by atoms with Gasteiger partial charge >= 0.3 is 0 Å². The lowest BCUT2D eigenvalue weighted by Gasteiger charge is -2.26. The van der Waals surface area contributed by atoms with Gasteiger partial charge in [-0.25, -0.2) is 4.99 Å². The number of aromatic hydroxyl groups is 2. The van der Waals surface area contributed by atoms with Crippen molar-refractivity contribution in [1.82, 2.24) is 5.32 Å². The van der Waals surface area contributed by atoms with E-state index in [-0.39, 0.29) is 29.9 Å². The summed E-state index contributed by atoms with van der Waals surface area (Å²) in [6.07, 6.45) is 3.32. The number of hydrogen-bond acceptors (Lipinski definition) is 6. The Morgan fingerprint density at radius 1 is 1.28 bits per heavy atom. The zero-order valence-electron chi connectivity index (χ0n) is 13.6. The molecule has 3 rings (SSSR count). The van der Waals surface area contributed by atoms with Gasteiger partial charge in [-0.1, -0.05) is 11.8 Å². The predicted molar refractivity (Wildman–Crippen MR) is 97.0 cm³/mol. The number of rotatable bonds is 4. The normalized spacial score (nSPS) is 22.9. The molecule has 132 valence electrons. The zero-order valence-corrected chi connectivity index (χ0v) is 14.4. The third kappa shape index (κ3) is 4.25. The molecule has 6 nitrogen and oxygen atoms in total. The Bertz CT molecular complexity index is 760. The molecule has 25 heavy (non-hydrogen) atoms. The molecule has 1 aliphatic carbocycles. The minimum absolute atomic E-state index is 0.0197. The maximum Gasteiger partial charge on any atom is 0.228 e. The van der Waals surface area contributed by atoms with Crippen molar-refractivity contribution in [2.24, 2.45) is 16.8 Å². The van der Waals surface area contributed by atoms with E-state index in [1.54, 1.807) is 11.5 Å². The standard InChI is InChI=1S/C18H20N2O4S/c21-9-11-1-3-12(4-2-11)18(24)20-17-8-19-15(10-25-17)14-6-5-13(22)7-16(14)23/h5-7,10-12,21-23H,1-4,9H2,(H,20,24). The molecule has 0 atom stereocenters. The van der Waals surface area contributed by atoms with Crippen LogP contribution < -0.4 is 5.32 Å². The summed E-state index contributed by atoms with van der Waals surface area (Å²) in [6, 6.07) is 4.30. The highest BCUT2D eigenvalue weighted by Gasteiger charge is 2.26. The summed E-state index contributed by atoms with van der Waals surface area (Å²) in [7, 11) is 0. The molecule has 1 heterocycles. The third-order valence-corrected chi connectivity index (χ3v) is 5.31. The van der Waals surface area contributed by atoms with E-state index in [0.717, 1.165) is 25.7 Å². The minimum atomic E-state index is -0.0643. The number of carbonyl (C=O) groups excluding carboxylic acids is 1. The number of nitrogens with one attached hydrogen (secondary N) is 1. The number of benzene rings is 1. The molecule has 4 N–H and O–H groups in total. The molecule has 0 bridgehead atoms. The fourth-order valence-corrected chi connectivity index (χ4v) is 3.68. The fourth-order valence-electron chi connectivity index (χ4n) is 3.02. The van der Waals surface area contributed by atoms with Crippen molar-refractivity contribution < 1.29 is 20.1 Å². The molecule has 1 saturated carbocycles. The van der Waals surface area contributed by atoms with Crippen LogP contribution in [0.3, 0.4) is 0 Å². The van der Waals surface area contributed by atoms with Crippen LogP contribution in [0.4, 0.5) is 0 Å². The maximum atomic E-state index is 12.3. The Labute approximate surface area is 150 Å². The largest absolute Gasteiger partial charge is 0.508 e. The lowest BCUT2D eigenvalue weighted by atomic mass is 9.82. The molecule has 1 aromatic carbocycles. The van der Waals surface area contributed by atoms with Crippen molar-refractivity contribution in [3.8, 4) is 11.5 Å². The van der Waals surface area contributed by atoms with Crippen LogP contribution in [0.15, 0.2) is 33.6 Å². The lowest BCUT2D eigenvalue weighted by Crippen LogP contribution is -2.32. The molecule has 0 unspecified atom stereocenters. The quantitative estimate of drug-likeness (QED) is 0.661. The lowest BCUT2D eigenvalue weighted by molar-refractivity contribution is -0.125. The Morgan fingerprint density at radius 2 is 2.04 bits per heavy atom. The van der Waals surface area contributed by atoms with Crippen LogP contribution in [-0.4, -0.2) is 33.7 Å². The number of hydrogen-bond donors (Lipinski definition) is 4. The molecule has 1 aromatic rings. The van der Waals surface area contributed by atoms with E-state index < -0.39 is 0 Å². The number of phenolic OH excluding ortho intramolecular Hbond substituents is 2. The van der Waals surface area contributed by atoms with Gasteiger partial charge < -0.3 is 20.6 Å². The van der Waals surface area contributed by atoms with Crippen LogP contribution in [-0.2, 0) is 4.79 Å². The van der Waals surface area contributed by atoms with Crippen LogP contribution >= 0.6 is 11.8 Å². The number of aliphatic hydroxyl groups is 1. The van der Waals surface area contributed by atoms with E-state index in [1.165, 1.54) is 23.9 Å². The second kappa shape index (κ2) is 7.78. The molecule has 1 fully saturated rings. The molecule has 1 amide bonds. The summed E-state index contributed by atoms with van der Waals surface area (Å²) in [5.74, 6) is 2.95. The first kappa shape index (κ1) is 17.6. The van der Waals surface area contributed by atoms with Crippen molar-refractivity contribution >= 4 is 29.2 Å². The maximum absolute atomic E-state index is 12.3. The number of aliphatic imine (C=N–C) groups is 1. The molecule has 1 aliphatic heterocycles. The zero-order chi connectivity index (χ0) is 17.8. The van der Waals surface area contributed by atoms with Crippen LogP contribution in [0.1, 0.15) is 31.2 Å². The minimum Gasteiger partial charge on any atom is -0.508 e. The first-order valence-electron chi connectivity index (χ1n) is 8.21. The van der Waals surface area contributed by atoms with Gasteiger partial charge in [-0.05, 0) is 43.7 Å². The van der Waals surface area contributed by atoms with Crippen molar-refractivity contribution in [3.63, 3.8) is 0 Å². The summed E-state index contributed by atoms with van der Waals surface area (Å²) in [5.41, 5.74) is 1.01. The van der Waals surface area contributed by atoms with E-state index in [0.29, 0.717) is 22.2 Å². The number of phenols is 2. The molecule has 0 spiro atoms. The molecule has 7 heteroatoms. The number of nitrogens with zero attached hydrogens (tertiary/aromatic N) is 1. The van der Waals surface area contributed by atoms with Gasteiger partial charge in [0.1, 0.15) is 16.5 Å². The van der Waals surface area contributed by atoms with Crippen molar-refractivity contribution in [3.05, 3.63) is 34.2 Å². The molecular weight excluding hydrogens is 340 g/mol.